The van der Waals surface area contributed by atoms with Crippen LogP contribution in [0, 0.1) is 5.82 Å². The van der Waals surface area contributed by atoms with Crippen LogP contribution < -0.4 is 10.0 Å². The predicted octanol–water partition coefficient (Wildman–Crippen LogP) is 3.01. The van der Waals surface area contributed by atoms with Crippen LogP contribution in [0.1, 0.15) is 13.3 Å². The molecule has 0 heterocycles. The Bertz CT molecular complexity index is 401. The van der Waals surface area contributed by atoms with Crippen molar-refractivity contribution in [1.29, 1.82) is 0 Å². The largest absolute Gasteiger partial charge is 0.386 e. The first-order valence-corrected chi connectivity index (χ1v) is 6.60. The van der Waals surface area contributed by atoms with Gasteiger partial charge in [-0.1, -0.05) is 18.5 Å². The topological polar surface area (TPSA) is 41.1 Å². The van der Waals surface area contributed by atoms with Crippen LogP contribution in [-0.2, 0) is 11.0 Å². The van der Waals surface area contributed by atoms with Crippen LogP contribution in [0.15, 0.2) is 12.1 Å². The molecule has 0 aliphatic heterocycles. The second kappa shape index (κ2) is 6.06. The Morgan fingerprint density at radius 1 is 1.44 bits per heavy atom. The fraction of sp³-hybridized carbons (Fsp3) is 0.400. The molecular weight excluding hydrogens is 251 g/mol. The monoisotopic (exact) mass is 264 g/mol. The summed E-state index contributed by atoms with van der Waals surface area (Å²) in [6.45, 7) is 1.91. The van der Waals surface area contributed by atoms with E-state index in [2.05, 4.69) is 10.0 Å². The fourth-order valence-corrected chi connectivity index (χ4v) is 2.29. The van der Waals surface area contributed by atoms with Crippen molar-refractivity contribution in [2.45, 2.75) is 13.3 Å². The highest BCUT2D eigenvalue weighted by Crippen LogP contribution is 2.27. The molecule has 0 saturated carbocycles. The zero-order valence-corrected chi connectivity index (χ0v) is 10.7. The SMILES string of the molecule is CCCS(=O)Nc1cc(Cl)cc(NC)c1F. The molecular formula is C10H14ClFN2OS. The first-order valence-electron chi connectivity index (χ1n) is 4.90. The molecule has 0 aliphatic carbocycles. The lowest BCUT2D eigenvalue weighted by Gasteiger charge is -2.10. The van der Waals surface area contributed by atoms with Gasteiger partial charge in [-0.05, 0) is 18.6 Å². The van der Waals surface area contributed by atoms with E-state index in [1.54, 1.807) is 7.05 Å². The normalized spacial score (nSPS) is 12.2. The van der Waals surface area contributed by atoms with Gasteiger partial charge in [0.2, 0.25) is 0 Å². The summed E-state index contributed by atoms with van der Waals surface area (Å²) < 4.78 is 27.8. The lowest BCUT2D eigenvalue weighted by atomic mass is 10.2. The van der Waals surface area contributed by atoms with Gasteiger partial charge in [0.1, 0.15) is 11.0 Å². The zero-order valence-electron chi connectivity index (χ0n) is 9.14. The van der Waals surface area contributed by atoms with Gasteiger partial charge in [-0.25, -0.2) is 8.60 Å². The third kappa shape index (κ3) is 3.35. The number of halogens is 2. The molecule has 6 heteroatoms. The minimum atomic E-state index is -1.28. The number of hydrogen-bond donors (Lipinski definition) is 2. The van der Waals surface area contributed by atoms with E-state index in [0.29, 0.717) is 10.8 Å². The van der Waals surface area contributed by atoms with Crippen molar-refractivity contribution in [2.24, 2.45) is 0 Å². The van der Waals surface area contributed by atoms with E-state index in [-0.39, 0.29) is 11.4 Å². The molecule has 0 fully saturated rings. The standard InChI is InChI=1S/C10H14ClFN2OS/c1-3-4-16(15)14-9-6-7(11)5-8(13-2)10(9)12/h5-6,13-14H,3-4H2,1-2H3. The Morgan fingerprint density at radius 2 is 2.06 bits per heavy atom. The quantitative estimate of drug-likeness (QED) is 0.858. The molecule has 16 heavy (non-hydrogen) atoms. The van der Waals surface area contributed by atoms with Crippen LogP contribution in [0.5, 0.6) is 0 Å². The third-order valence-corrected chi connectivity index (χ3v) is 3.36. The molecule has 0 aliphatic rings. The summed E-state index contributed by atoms with van der Waals surface area (Å²) in [5.41, 5.74) is 0.437. The minimum Gasteiger partial charge on any atom is -0.386 e. The van der Waals surface area contributed by atoms with Gasteiger partial charge in [0.15, 0.2) is 5.82 Å². The summed E-state index contributed by atoms with van der Waals surface area (Å²) in [5.74, 6) is -0.00254. The summed E-state index contributed by atoms with van der Waals surface area (Å²) in [6.07, 6.45) is 0.765. The van der Waals surface area contributed by atoms with E-state index >= 15 is 0 Å². The molecule has 90 valence electrons. The van der Waals surface area contributed by atoms with Crippen molar-refractivity contribution in [3.8, 4) is 0 Å². The lowest BCUT2D eigenvalue weighted by Crippen LogP contribution is -2.10. The van der Waals surface area contributed by atoms with Crippen LogP contribution in [0.25, 0.3) is 0 Å². The average Bonchev–Trinajstić information content (AvgIpc) is 2.23. The van der Waals surface area contributed by atoms with Gasteiger partial charge >= 0.3 is 0 Å². The molecule has 0 amide bonds. The van der Waals surface area contributed by atoms with Gasteiger partial charge in [0.25, 0.3) is 0 Å². The maximum absolute atomic E-state index is 13.7. The first kappa shape index (κ1) is 13.3. The van der Waals surface area contributed by atoms with Gasteiger partial charge in [-0.15, -0.1) is 0 Å². The van der Waals surface area contributed by atoms with E-state index in [4.69, 9.17) is 11.6 Å². The first-order chi connectivity index (χ1) is 7.58. The highest BCUT2D eigenvalue weighted by molar-refractivity contribution is 7.86. The molecule has 1 unspecified atom stereocenters. The minimum absolute atomic E-state index is 0.156. The molecule has 0 bridgehead atoms. The number of nitrogens with one attached hydrogen (secondary N) is 2. The van der Waals surface area contributed by atoms with Crippen LogP contribution in [0.2, 0.25) is 5.02 Å². The molecule has 0 spiro atoms. The Balaban J connectivity index is 2.95. The predicted molar refractivity (Wildman–Crippen MR) is 67.9 cm³/mol. The highest BCUT2D eigenvalue weighted by atomic mass is 35.5. The molecule has 1 atom stereocenters. The van der Waals surface area contributed by atoms with E-state index in [9.17, 15) is 8.60 Å². The van der Waals surface area contributed by atoms with Crippen molar-refractivity contribution < 1.29 is 8.60 Å². The van der Waals surface area contributed by atoms with Crippen LogP contribution in [0.4, 0.5) is 15.8 Å². The second-order valence-electron chi connectivity index (χ2n) is 3.22. The van der Waals surface area contributed by atoms with Gasteiger partial charge in [0.05, 0.1) is 11.4 Å². The van der Waals surface area contributed by atoms with Crippen molar-refractivity contribution in [3.63, 3.8) is 0 Å². The Hall–Kier alpha value is -0.810. The van der Waals surface area contributed by atoms with Crippen LogP contribution >= 0.6 is 11.6 Å². The van der Waals surface area contributed by atoms with Crippen LogP contribution in [-0.4, -0.2) is 17.0 Å². The summed E-state index contributed by atoms with van der Waals surface area (Å²) in [6, 6.07) is 2.90. The lowest BCUT2D eigenvalue weighted by molar-refractivity contribution is 0.635. The zero-order chi connectivity index (χ0) is 12.1. The smallest absolute Gasteiger partial charge is 0.170 e. The molecule has 3 nitrogen and oxygen atoms in total. The fourth-order valence-electron chi connectivity index (χ4n) is 1.20. The molecule has 0 saturated heterocycles. The number of rotatable bonds is 5. The van der Waals surface area contributed by atoms with Crippen molar-refractivity contribution in [3.05, 3.63) is 23.0 Å². The van der Waals surface area contributed by atoms with Gasteiger partial charge in [-0.2, -0.15) is 0 Å². The Kier molecular flexibility index (Phi) is 5.02. The van der Waals surface area contributed by atoms with E-state index in [0.717, 1.165) is 6.42 Å². The van der Waals surface area contributed by atoms with Crippen molar-refractivity contribution >= 4 is 34.0 Å². The number of benzene rings is 1. The second-order valence-corrected chi connectivity index (χ2v) is 4.96. The van der Waals surface area contributed by atoms with E-state index in [1.807, 2.05) is 6.92 Å². The molecule has 0 radical (unpaired) electrons. The third-order valence-electron chi connectivity index (χ3n) is 1.92. The average molecular weight is 265 g/mol. The number of anilines is 2. The summed E-state index contributed by atoms with van der Waals surface area (Å²) in [4.78, 5) is 0. The van der Waals surface area contributed by atoms with Crippen molar-refractivity contribution in [2.75, 3.05) is 22.8 Å². The van der Waals surface area contributed by atoms with Crippen LogP contribution in [0.3, 0.4) is 0 Å². The molecule has 2 N–H and O–H groups in total. The Labute approximate surface area is 102 Å². The summed E-state index contributed by atoms with van der Waals surface area (Å²) in [7, 11) is 0.322. The maximum Gasteiger partial charge on any atom is 0.170 e. The van der Waals surface area contributed by atoms with Gasteiger partial charge < -0.3 is 10.0 Å². The molecule has 1 rings (SSSR count). The van der Waals surface area contributed by atoms with Gasteiger partial charge in [0, 0.05) is 17.8 Å². The molecule has 0 aromatic heterocycles. The van der Waals surface area contributed by atoms with Crippen molar-refractivity contribution in [1.82, 2.24) is 0 Å². The summed E-state index contributed by atoms with van der Waals surface area (Å²) >= 11 is 5.82. The van der Waals surface area contributed by atoms with Gasteiger partial charge in [-0.3, -0.25) is 0 Å². The highest BCUT2D eigenvalue weighted by Gasteiger charge is 2.10. The van der Waals surface area contributed by atoms with E-state index in [1.165, 1.54) is 12.1 Å². The Morgan fingerprint density at radius 3 is 2.62 bits per heavy atom. The van der Waals surface area contributed by atoms with E-state index < -0.39 is 16.8 Å². The number of hydrogen-bond acceptors (Lipinski definition) is 2. The summed E-state index contributed by atoms with van der Waals surface area (Å²) in [5, 5.41) is 3.07. The molecule has 1 aromatic rings. The maximum atomic E-state index is 13.7. The molecule has 1 aromatic carbocycles.